The SMILES string of the molecule is Cc1ccc(CN2CC(C)NCC2C)cc1Br. The van der Waals surface area contributed by atoms with Gasteiger partial charge in [-0.25, -0.2) is 0 Å². The van der Waals surface area contributed by atoms with Crippen LogP contribution in [0.1, 0.15) is 25.0 Å². The van der Waals surface area contributed by atoms with Crippen LogP contribution in [0.4, 0.5) is 0 Å². The second kappa shape index (κ2) is 5.51. The summed E-state index contributed by atoms with van der Waals surface area (Å²) in [6.07, 6.45) is 0. The molecule has 1 saturated heterocycles. The maximum absolute atomic E-state index is 3.61. The third-order valence-corrected chi connectivity index (χ3v) is 4.37. The zero-order valence-corrected chi connectivity index (χ0v) is 12.4. The van der Waals surface area contributed by atoms with Gasteiger partial charge in [0, 0.05) is 36.2 Å². The van der Waals surface area contributed by atoms with Crippen LogP contribution in [-0.4, -0.2) is 30.1 Å². The summed E-state index contributed by atoms with van der Waals surface area (Å²) in [7, 11) is 0. The highest BCUT2D eigenvalue weighted by Crippen LogP contribution is 2.20. The Morgan fingerprint density at radius 3 is 2.88 bits per heavy atom. The molecule has 0 spiro atoms. The molecule has 0 aromatic heterocycles. The second-order valence-electron chi connectivity index (χ2n) is 5.17. The van der Waals surface area contributed by atoms with Gasteiger partial charge in [-0.05, 0) is 38.0 Å². The highest BCUT2D eigenvalue weighted by atomic mass is 79.9. The number of halogens is 1. The Morgan fingerprint density at radius 1 is 1.41 bits per heavy atom. The predicted octanol–water partition coefficient (Wildman–Crippen LogP) is 2.94. The second-order valence-corrected chi connectivity index (χ2v) is 6.03. The summed E-state index contributed by atoms with van der Waals surface area (Å²) >= 11 is 3.61. The Balaban J connectivity index is 2.06. The number of benzene rings is 1. The lowest BCUT2D eigenvalue weighted by Crippen LogP contribution is -2.53. The number of nitrogens with zero attached hydrogens (tertiary/aromatic N) is 1. The molecular weight excluding hydrogens is 276 g/mol. The molecular formula is C14H21BrN2. The Hall–Kier alpha value is -0.380. The first-order chi connectivity index (χ1) is 8.06. The van der Waals surface area contributed by atoms with Gasteiger partial charge < -0.3 is 5.32 Å². The van der Waals surface area contributed by atoms with Gasteiger partial charge in [-0.2, -0.15) is 0 Å². The molecule has 0 aliphatic carbocycles. The van der Waals surface area contributed by atoms with Crippen molar-refractivity contribution < 1.29 is 0 Å². The summed E-state index contributed by atoms with van der Waals surface area (Å²) < 4.78 is 1.21. The molecule has 1 fully saturated rings. The topological polar surface area (TPSA) is 15.3 Å². The van der Waals surface area contributed by atoms with E-state index >= 15 is 0 Å². The molecule has 94 valence electrons. The van der Waals surface area contributed by atoms with Crippen molar-refractivity contribution in [2.24, 2.45) is 0 Å². The van der Waals surface area contributed by atoms with Crippen LogP contribution in [0.15, 0.2) is 22.7 Å². The number of piperazine rings is 1. The van der Waals surface area contributed by atoms with Crippen LogP contribution in [0.5, 0.6) is 0 Å². The van der Waals surface area contributed by atoms with Gasteiger partial charge in [0.15, 0.2) is 0 Å². The summed E-state index contributed by atoms with van der Waals surface area (Å²) in [4.78, 5) is 2.55. The van der Waals surface area contributed by atoms with E-state index in [1.807, 2.05) is 0 Å². The lowest BCUT2D eigenvalue weighted by Gasteiger charge is -2.37. The van der Waals surface area contributed by atoms with Crippen LogP contribution in [0, 0.1) is 6.92 Å². The van der Waals surface area contributed by atoms with Crippen LogP contribution in [0.25, 0.3) is 0 Å². The number of hydrogen-bond donors (Lipinski definition) is 1. The average Bonchev–Trinajstić information content (AvgIpc) is 2.29. The first kappa shape index (κ1) is 13.1. The molecule has 2 unspecified atom stereocenters. The molecule has 1 aliphatic heterocycles. The van der Waals surface area contributed by atoms with Crippen molar-refractivity contribution in [3.8, 4) is 0 Å². The van der Waals surface area contributed by atoms with E-state index in [2.05, 4.69) is 65.1 Å². The van der Waals surface area contributed by atoms with Gasteiger partial charge in [0.25, 0.3) is 0 Å². The third-order valence-electron chi connectivity index (χ3n) is 3.52. The van der Waals surface area contributed by atoms with E-state index in [1.54, 1.807) is 0 Å². The van der Waals surface area contributed by atoms with Crippen LogP contribution in [0.3, 0.4) is 0 Å². The van der Waals surface area contributed by atoms with Crippen molar-refractivity contribution in [3.05, 3.63) is 33.8 Å². The minimum absolute atomic E-state index is 0.597. The van der Waals surface area contributed by atoms with Crippen molar-refractivity contribution in [2.45, 2.75) is 39.4 Å². The minimum Gasteiger partial charge on any atom is -0.311 e. The lowest BCUT2D eigenvalue weighted by molar-refractivity contribution is 0.139. The van der Waals surface area contributed by atoms with Crippen molar-refractivity contribution >= 4 is 15.9 Å². The fraction of sp³-hybridized carbons (Fsp3) is 0.571. The zero-order chi connectivity index (χ0) is 12.4. The summed E-state index contributed by atoms with van der Waals surface area (Å²) in [6.45, 7) is 9.95. The van der Waals surface area contributed by atoms with Gasteiger partial charge >= 0.3 is 0 Å². The maximum Gasteiger partial charge on any atom is 0.0238 e. The van der Waals surface area contributed by atoms with Gasteiger partial charge in [0.2, 0.25) is 0 Å². The number of rotatable bonds is 2. The first-order valence-electron chi connectivity index (χ1n) is 6.28. The smallest absolute Gasteiger partial charge is 0.0238 e. The van der Waals surface area contributed by atoms with Crippen molar-refractivity contribution in [3.63, 3.8) is 0 Å². The fourth-order valence-electron chi connectivity index (χ4n) is 2.29. The van der Waals surface area contributed by atoms with Gasteiger partial charge in [0.1, 0.15) is 0 Å². The molecule has 0 bridgehead atoms. The van der Waals surface area contributed by atoms with Gasteiger partial charge in [-0.3, -0.25) is 4.90 Å². The molecule has 0 amide bonds. The first-order valence-corrected chi connectivity index (χ1v) is 7.08. The Kier molecular flexibility index (Phi) is 4.23. The summed E-state index contributed by atoms with van der Waals surface area (Å²) in [5.41, 5.74) is 2.69. The Morgan fingerprint density at radius 2 is 2.18 bits per heavy atom. The fourth-order valence-corrected chi connectivity index (χ4v) is 2.71. The summed E-state index contributed by atoms with van der Waals surface area (Å²) in [5, 5.41) is 3.52. The molecule has 1 N–H and O–H groups in total. The van der Waals surface area contributed by atoms with Crippen LogP contribution < -0.4 is 5.32 Å². The molecule has 1 aromatic rings. The van der Waals surface area contributed by atoms with Crippen LogP contribution in [-0.2, 0) is 6.54 Å². The van der Waals surface area contributed by atoms with E-state index in [0.29, 0.717) is 12.1 Å². The largest absolute Gasteiger partial charge is 0.311 e. The molecule has 1 aromatic carbocycles. The van der Waals surface area contributed by atoms with Gasteiger partial charge in [0.05, 0.1) is 0 Å². The standard InChI is InChI=1S/C14H21BrN2/c1-10-4-5-13(6-14(10)15)9-17-8-11(2)16-7-12(17)3/h4-6,11-12,16H,7-9H2,1-3H3. The van der Waals surface area contributed by atoms with E-state index in [9.17, 15) is 0 Å². The number of hydrogen-bond acceptors (Lipinski definition) is 2. The van der Waals surface area contributed by atoms with E-state index < -0.39 is 0 Å². The van der Waals surface area contributed by atoms with Crippen LogP contribution >= 0.6 is 15.9 Å². The average molecular weight is 297 g/mol. The molecule has 2 nitrogen and oxygen atoms in total. The highest BCUT2D eigenvalue weighted by Gasteiger charge is 2.22. The molecule has 0 radical (unpaired) electrons. The van der Waals surface area contributed by atoms with Gasteiger partial charge in [-0.1, -0.05) is 28.1 Å². The van der Waals surface area contributed by atoms with E-state index in [1.165, 1.54) is 15.6 Å². The molecule has 2 atom stereocenters. The third kappa shape index (κ3) is 3.30. The summed E-state index contributed by atoms with van der Waals surface area (Å²) in [5.74, 6) is 0. The van der Waals surface area contributed by atoms with E-state index in [-0.39, 0.29) is 0 Å². The number of aryl methyl sites for hydroxylation is 1. The summed E-state index contributed by atoms with van der Waals surface area (Å²) in [6, 6.07) is 7.88. The van der Waals surface area contributed by atoms with Gasteiger partial charge in [-0.15, -0.1) is 0 Å². The quantitative estimate of drug-likeness (QED) is 0.903. The maximum atomic E-state index is 3.61. The molecule has 3 heteroatoms. The van der Waals surface area contributed by atoms with Crippen LogP contribution in [0.2, 0.25) is 0 Å². The predicted molar refractivity (Wildman–Crippen MR) is 76.2 cm³/mol. The Labute approximate surface area is 113 Å². The molecule has 0 saturated carbocycles. The Bertz CT molecular complexity index is 392. The normalized spacial score (nSPS) is 26.1. The number of nitrogens with one attached hydrogen (secondary N) is 1. The van der Waals surface area contributed by atoms with E-state index in [4.69, 9.17) is 0 Å². The highest BCUT2D eigenvalue weighted by molar-refractivity contribution is 9.10. The van der Waals surface area contributed by atoms with E-state index in [0.717, 1.165) is 19.6 Å². The molecule has 2 rings (SSSR count). The lowest BCUT2D eigenvalue weighted by atomic mass is 10.1. The molecule has 1 aliphatic rings. The monoisotopic (exact) mass is 296 g/mol. The van der Waals surface area contributed by atoms with Crippen molar-refractivity contribution in [1.29, 1.82) is 0 Å². The van der Waals surface area contributed by atoms with Crippen molar-refractivity contribution in [1.82, 2.24) is 10.2 Å². The molecule has 17 heavy (non-hydrogen) atoms. The zero-order valence-electron chi connectivity index (χ0n) is 10.8. The minimum atomic E-state index is 0.597. The van der Waals surface area contributed by atoms with Crippen molar-refractivity contribution in [2.75, 3.05) is 13.1 Å². The molecule has 1 heterocycles.